The molecule has 1 aliphatic rings. The topological polar surface area (TPSA) is 50.7 Å². The van der Waals surface area contributed by atoms with Gasteiger partial charge in [-0.15, -0.1) is 0 Å². The van der Waals surface area contributed by atoms with E-state index in [2.05, 4.69) is 86.0 Å². The van der Waals surface area contributed by atoms with E-state index in [4.69, 9.17) is 19.4 Å². The first kappa shape index (κ1) is 28.9. The van der Waals surface area contributed by atoms with Crippen LogP contribution in [-0.2, 0) is 0 Å². The highest BCUT2D eigenvalue weighted by Crippen LogP contribution is 2.32. The molecule has 5 rings (SSSR count). The van der Waals surface area contributed by atoms with Crippen LogP contribution < -0.4 is 19.3 Å². The third-order valence-electron chi connectivity index (χ3n) is 7.64. The molecular formula is C34H42N4O2. The number of benzene rings is 2. The van der Waals surface area contributed by atoms with Gasteiger partial charge in [0.05, 0.1) is 14.2 Å². The van der Waals surface area contributed by atoms with Crippen molar-refractivity contribution in [1.82, 2.24) is 9.97 Å². The zero-order chi connectivity index (χ0) is 27.5. The number of methoxy groups -OCH3 is 2. The number of hydrogen-bond acceptors (Lipinski definition) is 6. The summed E-state index contributed by atoms with van der Waals surface area (Å²) in [6, 6.07) is 17.3. The number of nitrogens with zero attached hydrogens (tertiary/aromatic N) is 4. The van der Waals surface area contributed by atoms with Crippen LogP contribution in [0.3, 0.4) is 0 Å². The molecule has 4 aromatic rings. The third kappa shape index (κ3) is 5.91. The molecule has 210 valence electrons. The Labute approximate surface area is 239 Å². The maximum Gasteiger partial charge on any atom is 0.128 e. The minimum absolute atomic E-state index is 0. The normalized spacial score (nSPS) is 13.4. The van der Waals surface area contributed by atoms with E-state index in [1.165, 1.54) is 11.1 Å². The molecule has 6 heteroatoms. The zero-order valence-corrected chi connectivity index (χ0v) is 23.9. The van der Waals surface area contributed by atoms with Gasteiger partial charge in [0.15, 0.2) is 0 Å². The molecule has 3 heterocycles. The number of aromatic nitrogens is 2. The Morgan fingerprint density at radius 2 is 0.925 bits per heavy atom. The van der Waals surface area contributed by atoms with Crippen LogP contribution in [0.2, 0.25) is 0 Å². The molecule has 0 radical (unpaired) electrons. The summed E-state index contributed by atoms with van der Waals surface area (Å²) in [5, 5.41) is 0. The Hall–Kier alpha value is -4.06. The van der Waals surface area contributed by atoms with Gasteiger partial charge in [0, 0.05) is 49.7 Å². The van der Waals surface area contributed by atoms with Crippen LogP contribution in [0.15, 0.2) is 60.9 Å². The molecule has 0 saturated carbocycles. The predicted octanol–water partition coefficient (Wildman–Crippen LogP) is 7.41. The first-order valence-corrected chi connectivity index (χ1v) is 13.6. The molecule has 1 aliphatic heterocycles. The summed E-state index contributed by atoms with van der Waals surface area (Å²) in [5.41, 5.74) is 9.13. The number of anilines is 2. The van der Waals surface area contributed by atoms with Gasteiger partial charge in [-0.1, -0.05) is 7.43 Å². The van der Waals surface area contributed by atoms with Gasteiger partial charge in [-0.3, -0.25) is 0 Å². The number of aryl methyl sites for hydroxylation is 4. The molecule has 0 atom stereocenters. The van der Waals surface area contributed by atoms with Crippen LogP contribution in [0.4, 0.5) is 11.6 Å². The zero-order valence-electron chi connectivity index (χ0n) is 23.9. The van der Waals surface area contributed by atoms with E-state index in [0.717, 1.165) is 89.1 Å². The van der Waals surface area contributed by atoms with Crippen molar-refractivity contribution in [1.29, 1.82) is 0 Å². The van der Waals surface area contributed by atoms with Gasteiger partial charge >= 0.3 is 0 Å². The molecule has 2 aromatic heterocycles. The van der Waals surface area contributed by atoms with E-state index >= 15 is 0 Å². The Balaban J connectivity index is 0.00000370. The lowest BCUT2D eigenvalue weighted by Crippen LogP contribution is -2.31. The van der Waals surface area contributed by atoms with Gasteiger partial charge in [-0.2, -0.15) is 0 Å². The molecule has 0 bridgehead atoms. The Kier molecular flexibility index (Phi) is 8.98. The fourth-order valence-corrected chi connectivity index (χ4v) is 5.74. The minimum atomic E-state index is 0. The van der Waals surface area contributed by atoms with Gasteiger partial charge in [-0.05, 0) is 116 Å². The van der Waals surface area contributed by atoms with E-state index in [1.54, 1.807) is 14.2 Å². The smallest absolute Gasteiger partial charge is 0.128 e. The minimum Gasteiger partial charge on any atom is -0.496 e. The SMILES string of the molecule is C.COc1c(C)cc(-c2ccc(N3CCCN(c4ccc(-c5cc(C)c(OC)c(C)c5)cn4)CC3)nc2)cc1C. The van der Waals surface area contributed by atoms with Crippen LogP contribution in [-0.4, -0.2) is 50.4 Å². The summed E-state index contributed by atoms with van der Waals surface area (Å²) in [6.45, 7) is 12.1. The van der Waals surface area contributed by atoms with Crippen molar-refractivity contribution in [2.45, 2.75) is 41.5 Å². The average Bonchev–Trinajstić information content (AvgIpc) is 3.19. The number of rotatable bonds is 6. The summed E-state index contributed by atoms with van der Waals surface area (Å²) < 4.78 is 11.0. The fraction of sp³-hybridized carbons (Fsp3) is 0.353. The first-order valence-electron chi connectivity index (χ1n) is 13.6. The number of hydrogen-bond donors (Lipinski definition) is 0. The number of ether oxygens (including phenoxy) is 2. The molecule has 0 unspecified atom stereocenters. The predicted molar refractivity (Wildman–Crippen MR) is 167 cm³/mol. The molecule has 1 saturated heterocycles. The molecule has 1 fully saturated rings. The lowest BCUT2D eigenvalue weighted by Gasteiger charge is -2.24. The van der Waals surface area contributed by atoms with Crippen LogP contribution in [0.25, 0.3) is 22.3 Å². The first-order chi connectivity index (χ1) is 18.9. The Morgan fingerprint density at radius 1 is 0.550 bits per heavy atom. The van der Waals surface area contributed by atoms with Crippen molar-refractivity contribution in [3.05, 3.63) is 83.2 Å². The van der Waals surface area contributed by atoms with Gasteiger partial charge in [0.1, 0.15) is 23.1 Å². The summed E-state index contributed by atoms with van der Waals surface area (Å²) in [4.78, 5) is 14.4. The quantitative estimate of drug-likeness (QED) is 0.255. The van der Waals surface area contributed by atoms with Crippen molar-refractivity contribution < 1.29 is 9.47 Å². The highest BCUT2D eigenvalue weighted by atomic mass is 16.5. The summed E-state index contributed by atoms with van der Waals surface area (Å²) in [7, 11) is 3.45. The molecule has 0 amide bonds. The summed E-state index contributed by atoms with van der Waals surface area (Å²) >= 11 is 0. The maximum absolute atomic E-state index is 5.52. The van der Waals surface area contributed by atoms with Crippen molar-refractivity contribution >= 4 is 11.6 Å². The van der Waals surface area contributed by atoms with E-state index in [-0.39, 0.29) is 7.43 Å². The highest BCUT2D eigenvalue weighted by molar-refractivity contribution is 5.69. The lowest BCUT2D eigenvalue weighted by molar-refractivity contribution is 0.408. The Morgan fingerprint density at radius 3 is 1.23 bits per heavy atom. The van der Waals surface area contributed by atoms with Crippen molar-refractivity contribution in [3.63, 3.8) is 0 Å². The van der Waals surface area contributed by atoms with E-state index in [9.17, 15) is 0 Å². The largest absolute Gasteiger partial charge is 0.496 e. The molecule has 40 heavy (non-hydrogen) atoms. The molecule has 0 aliphatic carbocycles. The van der Waals surface area contributed by atoms with Gasteiger partial charge in [-0.25, -0.2) is 9.97 Å². The van der Waals surface area contributed by atoms with E-state index < -0.39 is 0 Å². The van der Waals surface area contributed by atoms with Crippen molar-refractivity contribution in [2.75, 3.05) is 50.2 Å². The Bertz CT molecular complexity index is 1290. The van der Waals surface area contributed by atoms with Crippen molar-refractivity contribution in [2.24, 2.45) is 0 Å². The third-order valence-corrected chi connectivity index (χ3v) is 7.64. The molecular weight excluding hydrogens is 496 g/mol. The van der Waals surface area contributed by atoms with E-state index in [0.29, 0.717) is 0 Å². The molecule has 6 nitrogen and oxygen atoms in total. The standard InChI is InChI=1S/C33H38N4O2.CH4/c1-22-16-28(17-23(2)32(22)38-5)26-8-10-30(34-20-26)36-12-7-13-37(15-14-36)31-11-9-27(21-35-31)29-18-24(3)33(39-6)25(4)19-29;/h8-11,16-21H,7,12-15H2,1-6H3;1H4. The number of pyridine rings is 2. The summed E-state index contributed by atoms with van der Waals surface area (Å²) in [5.74, 6) is 3.95. The van der Waals surface area contributed by atoms with Crippen LogP contribution in [0.1, 0.15) is 36.1 Å². The van der Waals surface area contributed by atoms with Gasteiger partial charge in [0.25, 0.3) is 0 Å². The van der Waals surface area contributed by atoms with Crippen LogP contribution in [0.5, 0.6) is 11.5 Å². The fourth-order valence-electron chi connectivity index (χ4n) is 5.74. The maximum atomic E-state index is 5.52. The monoisotopic (exact) mass is 538 g/mol. The lowest BCUT2D eigenvalue weighted by atomic mass is 10.0. The van der Waals surface area contributed by atoms with Gasteiger partial charge < -0.3 is 19.3 Å². The second-order valence-corrected chi connectivity index (χ2v) is 10.4. The molecule has 2 aromatic carbocycles. The van der Waals surface area contributed by atoms with Crippen LogP contribution >= 0.6 is 0 Å². The average molecular weight is 539 g/mol. The molecule has 0 spiro atoms. The second-order valence-electron chi connectivity index (χ2n) is 10.4. The van der Waals surface area contributed by atoms with Gasteiger partial charge in [0.2, 0.25) is 0 Å². The highest BCUT2D eigenvalue weighted by Gasteiger charge is 2.18. The van der Waals surface area contributed by atoms with Crippen LogP contribution in [0, 0.1) is 27.7 Å². The molecule has 0 N–H and O–H groups in total. The van der Waals surface area contributed by atoms with E-state index in [1.807, 2.05) is 12.4 Å². The van der Waals surface area contributed by atoms with Crippen molar-refractivity contribution in [3.8, 4) is 33.8 Å². The second kappa shape index (κ2) is 12.4. The summed E-state index contributed by atoms with van der Waals surface area (Å²) in [6.07, 6.45) is 5.03.